The molecular weight excluding hydrogens is 308 g/mol. The lowest BCUT2D eigenvalue weighted by Crippen LogP contribution is -2.07. The number of hydrogen-bond donors (Lipinski definition) is 1. The highest BCUT2D eigenvalue weighted by Gasteiger charge is 2.23. The maximum absolute atomic E-state index is 11.3. The molecule has 0 aliphatic carbocycles. The monoisotopic (exact) mass is 328 g/mol. The minimum absolute atomic E-state index is 0.0102. The molecule has 0 amide bonds. The van der Waals surface area contributed by atoms with Gasteiger partial charge in [0, 0.05) is 4.88 Å². The molecule has 0 aliphatic rings. The minimum Gasteiger partial charge on any atom is -0.481 e. The molecule has 0 spiro atoms. The second-order valence-electron chi connectivity index (χ2n) is 6.16. The Hall–Kier alpha value is -2.14. The Bertz CT molecular complexity index is 873. The van der Waals surface area contributed by atoms with Crippen molar-refractivity contribution in [3.05, 3.63) is 46.1 Å². The number of fused-ring (bicyclic) bond motifs is 1. The summed E-state index contributed by atoms with van der Waals surface area (Å²) in [5.74, 6) is -0.630. The van der Waals surface area contributed by atoms with Crippen LogP contribution in [0.5, 0.6) is 0 Å². The van der Waals surface area contributed by atoms with E-state index in [1.807, 2.05) is 4.40 Å². The summed E-state index contributed by atoms with van der Waals surface area (Å²) in [6.45, 7) is 8.23. The molecule has 2 aromatic heterocycles. The van der Waals surface area contributed by atoms with Crippen LogP contribution in [0.3, 0.4) is 0 Å². The highest BCUT2D eigenvalue weighted by molar-refractivity contribution is 7.17. The largest absolute Gasteiger partial charge is 0.481 e. The lowest BCUT2D eigenvalue weighted by molar-refractivity contribution is -0.136. The molecular formula is C18H20N2O2S. The van der Waals surface area contributed by atoms with Crippen LogP contribution in [0.4, 0.5) is 0 Å². The summed E-state index contributed by atoms with van der Waals surface area (Å²) in [4.78, 5) is 18.1. The van der Waals surface area contributed by atoms with Crippen molar-refractivity contribution in [2.75, 3.05) is 0 Å². The van der Waals surface area contributed by atoms with Crippen LogP contribution in [0.1, 0.15) is 41.6 Å². The van der Waals surface area contributed by atoms with Gasteiger partial charge in [-0.2, -0.15) is 0 Å². The van der Waals surface area contributed by atoms with Crippen LogP contribution < -0.4 is 0 Å². The Balaban J connectivity index is 2.30. The number of hydrogen-bond acceptors (Lipinski definition) is 3. The molecule has 2 heterocycles. The topological polar surface area (TPSA) is 54.6 Å². The molecule has 23 heavy (non-hydrogen) atoms. The number of carbonyl (C=O) groups is 1. The average Bonchev–Trinajstić information content (AvgIpc) is 2.96. The van der Waals surface area contributed by atoms with Crippen molar-refractivity contribution in [3.63, 3.8) is 0 Å². The summed E-state index contributed by atoms with van der Waals surface area (Å²) in [6, 6.07) is 8.33. The van der Waals surface area contributed by atoms with Gasteiger partial charge >= 0.3 is 5.97 Å². The minimum atomic E-state index is -0.826. The summed E-state index contributed by atoms with van der Waals surface area (Å²) < 4.78 is 2.04. The van der Waals surface area contributed by atoms with Crippen molar-refractivity contribution in [1.82, 2.24) is 9.38 Å². The van der Waals surface area contributed by atoms with Crippen LogP contribution >= 0.6 is 11.3 Å². The lowest BCUT2D eigenvalue weighted by atomic mass is 10.1. The predicted molar refractivity (Wildman–Crippen MR) is 93.4 cm³/mol. The van der Waals surface area contributed by atoms with Gasteiger partial charge in [0.15, 0.2) is 4.96 Å². The van der Waals surface area contributed by atoms with Crippen LogP contribution in [0.2, 0.25) is 0 Å². The number of thiazole rings is 1. The Kier molecular flexibility index (Phi) is 3.98. The van der Waals surface area contributed by atoms with E-state index in [-0.39, 0.29) is 12.3 Å². The molecule has 0 saturated heterocycles. The number of carboxylic acids is 1. The van der Waals surface area contributed by atoms with Crippen LogP contribution in [0.25, 0.3) is 16.2 Å². The molecule has 0 atom stereocenters. The lowest BCUT2D eigenvalue weighted by Gasteiger charge is -2.09. The van der Waals surface area contributed by atoms with Gasteiger partial charge in [-0.25, -0.2) is 4.98 Å². The van der Waals surface area contributed by atoms with Gasteiger partial charge in [-0.3, -0.25) is 9.20 Å². The van der Waals surface area contributed by atoms with E-state index in [0.717, 1.165) is 32.5 Å². The van der Waals surface area contributed by atoms with Crippen LogP contribution in [-0.2, 0) is 11.2 Å². The van der Waals surface area contributed by atoms with Gasteiger partial charge in [-0.15, -0.1) is 11.3 Å². The zero-order chi connectivity index (χ0) is 16.7. The van der Waals surface area contributed by atoms with Gasteiger partial charge in [-0.05, 0) is 25.3 Å². The van der Waals surface area contributed by atoms with E-state index < -0.39 is 5.97 Å². The van der Waals surface area contributed by atoms with Gasteiger partial charge in [0.2, 0.25) is 0 Å². The van der Waals surface area contributed by atoms with Crippen molar-refractivity contribution in [1.29, 1.82) is 0 Å². The number of carboxylic acid groups (broad SMARTS) is 1. The van der Waals surface area contributed by atoms with Gasteiger partial charge < -0.3 is 5.11 Å². The Labute approximate surface area is 139 Å². The molecule has 1 N–H and O–H groups in total. The molecule has 0 saturated carbocycles. The van der Waals surface area contributed by atoms with E-state index in [0.29, 0.717) is 0 Å². The van der Waals surface area contributed by atoms with E-state index in [1.54, 1.807) is 11.3 Å². The zero-order valence-corrected chi connectivity index (χ0v) is 14.6. The fourth-order valence-corrected chi connectivity index (χ4v) is 3.92. The van der Waals surface area contributed by atoms with E-state index in [1.165, 1.54) is 5.56 Å². The molecule has 0 fully saturated rings. The summed E-state index contributed by atoms with van der Waals surface area (Å²) in [5.41, 5.74) is 5.03. The smallest absolute Gasteiger partial charge is 0.309 e. The Morgan fingerprint density at radius 2 is 1.91 bits per heavy atom. The fourth-order valence-electron chi connectivity index (χ4n) is 2.91. The van der Waals surface area contributed by atoms with Crippen LogP contribution in [-0.4, -0.2) is 20.5 Å². The molecule has 0 radical (unpaired) electrons. The quantitative estimate of drug-likeness (QED) is 0.771. The Morgan fingerprint density at radius 1 is 1.26 bits per heavy atom. The third kappa shape index (κ3) is 2.77. The Morgan fingerprint density at radius 3 is 2.48 bits per heavy atom. The highest BCUT2D eigenvalue weighted by Crippen LogP contribution is 2.35. The second-order valence-corrected chi connectivity index (χ2v) is 7.34. The van der Waals surface area contributed by atoms with Crippen molar-refractivity contribution in [2.24, 2.45) is 0 Å². The van der Waals surface area contributed by atoms with E-state index in [9.17, 15) is 9.90 Å². The van der Waals surface area contributed by atoms with Crippen molar-refractivity contribution >= 4 is 22.3 Å². The van der Waals surface area contributed by atoms with E-state index in [4.69, 9.17) is 4.98 Å². The number of aromatic nitrogens is 2. The summed E-state index contributed by atoms with van der Waals surface area (Å²) in [6.07, 6.45) is -0.0102. The summed E-state index contributed by atoms with van der Waals surface area (Å²) in [5, 5.41) is 9.32. The van der Waals surface area contributed by atoms with Crippen LogP contribution in [0.15, 0.2) is 24.3 Å². The van der Waals surface area contributed by atoms with Crippen LogP contribution in [0, 0.1) is 13.8 Å². The zero-order valence-electron chi connectivity index (χ0n) is 13.8. The number of nitrogens with zero attached hydrogens (tertiary/aromatic N) is 2. The molecule has 3 rings (SSSR count). The molecule has 0 bridgehead atoms. The van der Waals surface area contributed by atoms with Crippen molar-refractivity contribution < 1.29 is 9.90 Å². The van der Waals surface area contributed by atoms with Gasteiger partial charge in [0.05, 0.1) is 23.5 Å². The first kappa shape index (κ1) is 15.7. The fraction of sp³-hybridized carbons (Fsp3) is 0.333. The van der Waals surface area contributed by atoms with Crippen molar-refractivity contribution in [3.8, 4) is 11.3 Å². The number of benzene rings is 1. The number of imidazole rings is 1. The van der Waals surface area contributed by atoms with Crippen molar-refractivity contribution in [2.45, 2.75) is 40.0 Å². The van der Waals surface area contributed by atoms with E-state index >= 15 is 0 Å². The second kappa shape index (κ2) is 5.81. The standard InChI is InChI=1S/C18H20N2O2S/c1-10(2)16-14(9-15(21)22)20-17(12(4)23-18(20)19-16)13-7-5-11(3)6-8-13/h5-8,10H,9H2,1-4H3,(H,21,22). The first-order valence-electron chi connectivity index (χ1n) is 7.68. The maximum Gasteiger partial charge on any atom is 0.309 e. The van der Waals surface area contributed by atoms with Gasteiger partial charge in [-0.1, -0.05) is 43.7 Å². The number of aryl methyl sites for hydroxylation is 2. The predicted octanol–water partition coefficient (Wildman–Crippen LogP) is 4.43. The molecule has 120 valence electrons. The first-order chi connectivity index (χ1) is 10.9. The van der Waals surface area contributed by atoms with E-state index in [2.05, 4.69) is 52.0 Å². The number of aliphatic carboxylic acids is 1. The molecule has 4 nitrogen and oxygen atoms in total. The maximum atomic E-state index is 11.3. The third-order valence-corrected chi connectivity index (χ3v) is 4.92. The third-order valence-electron chi connectivity index (χ3n) is 3.96. The SMILES string of the molecule is Cc1ccc(-c2c(C)sc3nc(C(C)C)c(CC(=O)O)n23)cc1. The normalized spacial score (nSPS) is 11.5. The number of rotatable bonds is 4. The first-order valence-corrected chi connectivity index (χ1v) is 8.49. The summed E-state index contributed by atoms with van der Waals surface area (Å²) in [7, 11) is 0. The average molecular weight is 328 g/mol. The highest BCUT2D eigenvalue weighted by atomic mass is 32.1. The molecule has 5 heteroatoms. The molecule has 0 unspecified atom stereocenters. The van der Waals surface area contributed by atoms with Gasteiger partial charge in [0.25, 0.3) is 0 Å². The summed E-state index contributed by atoms with van der Waals surface area (Å²) >= 11 is 1.62. The molecule has 0 aliphatic heterocycles. The molecule has 3 aromatic rings. The molecule has 1 aromatic carbocycles. The van der Waals surface area contributed by atoms with Gasteiger partial charge in [0.1, 0.15) is 0 Å².